The minimum Gasteiger partial charge on any atom is -0.493 e. The molecular weight excluding hydrogens is 254 g/mol. The van der Waals surface area contributed by atoms with Crippen molar-refractivity contribution in [3.63, 3.8) is 0 Å². The number of nitrogens with one attached hydrogen (secondary N) is 1. The van der Waals surface area contributed by atoms with Crippen LogP contribution in [0.15, 0.2) is 22.9 Å². The van der Waals surface area contributed by atoms with Gasteiger partial charge in [0.15, 0.2) is 5.75 Å². The summed E-state index contributed by atoms with van der Waals surface area (Å²) in [7, 11) is 1.68. The summed E-state index contributed by atoms with van der Waals surface area (Å²) < 4.78 is 12.9. The standard InChI is InChI=1S/C15H23N3O2/c1-5-8-16-14(12-7-9-20-11(12)3)15-13(19-4)10-17-18(15)6-2/h7,9-10,14,16H,5-6,8H2,1-4H3. The quantitative estimate of drug-likeness (QED) is 0.845. The maximum atomic E-state index is 5.47. The second-order valence-electron chi connectivity index (χ2n) is 4.73. The fraction of sp³-hybridized carbons (Fsp3) is 0.533. The molecular formula is C15H23N3O2. The molecule has 0 aliphatic carbocycles. The van der Waals surface area contributed by atoms with Gasteiger partial charge in [-0.2, -0.15) is 5.10 Å². The lowest BCUT2D eigenvalue weighted by Crippen LogP contribution is -2.26. The van der Waals surface area contributed by atoms with Crippen molar-refractivity contribution in [1.29, 1.82) is 0 Å². The monoisotopic (exact) mass is 277 g/mol. The van der Waals surface area contributed by atoms with Gasteiger partial charge >= 0.3 is 0 Å². The lowest BCUT2D eigenvalue weighted by atomic mass is 10.0. The van der Waals surface area contributed by atoms with Crippen LogP contribution in [0.1, 0.15) is 43.3 Å². The summed E-state index contributed by atoms with van der Waals surface area (Å²) in [5, 5.41) is 7.96. The Bertz CT molecular complexity index is 524. The molecule has 0 aliphatic rings. The van der Waals surface area contributed by atoms with Crippen molar-refractivity contribution in [3.8, 4) is 5.75 Å². The topological polar surface area (TPSA) is 52.2 Å². The average Bonchev–Trinajstić information content (AvgIpc) is 3.06. The van der Waals surface area contributed by atoms with Crippen LogP contribution >= 0.6 is 0 Å². The molecule has 1 N–H and O–H groups in total. The molecule has 0 saturated carbocycles. The molecule has 5 heteroatoms. The molecule has 0 aliphatic heterocycles. The fourth-order valence-electron chi connectivity index (χ4n) is 2.42. The summed E-state index contributed by atoms with van der Waals surface area (Å²) in [6.45, 7) is 7.94. The Hall–Kier alpha value is -1.75. The molecule has 0 saturated heterocycles. The van der Waals surface area contributed by atoms with E-state index >= 15 is 0 Å². The van der Waals surface area contributed by atoms with E-state index in [0.29, 0.717) is 0 Å². The first-order valence-corrected chi connectivity index (χ1v) is 7.09. The highest BCUT2D eigenvalue weighted by Crippen LogP contribution is 2.32. The van der Waals surface area contributed by atoms with E-state index in [-0.39, 0.29) is 6.04 Å². The van der Waals surface area contributed by atoms with Gasteiger partial charge in [-0.15, -0.1) is 0 Å². The zero-order chi connectivity index (χ0) is 14.5. The first-order valence-electron chi connectivity index (χ1n) is 7.09. The van der Waals surface area contributed by atoms with Crippen molar-refractivity contribution >= 4 is 0 Å². The average molecular weight is 277 g/mol. The van der Waals surface area contributed by atoms with E-state index in [1.807, 2.05) is 17.7 Å². The molecule has 2 rings (SSSR count). The third kappa shape index (κ3) is 2.72. The van der Waals surface area contributed by atoms with Gasteiger partial charge in [-0.25, -0.2) is 0 Å². The van der Waals surface area contributed by atoms with E-state index in [1.165, 1.54) is 0 Å². The summed E-state index contributed by atoms with van der Waals surface area (Å²) >= 11 is 0. The molecule has 0 bridgehead atoms. The number of nitrogens with zero attached hydrogens (tertiary/aromatic N) is 2. The predicted molar refractivity (Wildman–Crippen MR) is 78.0 cm³/mol. The number of ether oxygens (including phenoxy) is 1. The van der Waals surface area contributed by atoms with E-state index in [4.69, 9.17) is 9.15 Å². The first kappa shape index (κ1) is 14.7. The summed E-state index contributed by atoms with van der Waals surface area (Å²) in [6, 6.07) is 2.04. The minimum absolute atomic E-state index is 0.0334. The molecule has 2 aromatic heterocycles. The Kier molecular flexibility index (Phi) is 4.84. The van der Waals surface area contributed by atoms with Crippen LogP contribution in [0.5, 0.6) is 5.75 Å². The highest BCUT2D eigenvalue weighted by atomic mass is 16.5. The van der Waals surface area contributed by atoms with Crippen LogP contribution in [0.2, 0.25) is 0 Å². The van der Waals surface area contributed by atoms with E-state index in [1.54, 1.807) is 19.6 Å². The van der Waals surface area contributed by atoms with E-state index < -0.39 is 0 Å². The van der Waals surface area contributed by atoms with Crippen LogP contribution in [-0.4, -0.2) is 23.4 Å². The molecule has 0 radical (unpaired) electrons. The van der Waals surface area contributed by atoms with Gasteiger partial charge in [0.2, 0.25) is 0 Å². The number of aryl methyl sites for hydroxylation is 2. The van der Waals surface area contributed by atoms with Crippen LogP contribution in [0.4, 0.5) is 0 Å². The molecule has 2 heterocycles. The molecule has 20 heavy (non-hydrogen) atoms. The highest BCUT2D eigenvalue weighted by Gasteiger charge is 2.25. The molecule has 5 nitrogen and oxygen atoms in total. The number of aromatic nitrogens is 2. The maximum Gasteiger partial charge on any atom is 0.161 e. The Labute approximate surface area is 119 Å². The zero-order valence-corrected chi connectivity index (χ0v) is 12.6. The Morgan fingerprint density at radius 2 is 2.25 bits per heavy atom. The number of methoxy groups -OCH3 is 1. The number of hydrogen-bond donors (Lipinski definition) is 1. The SMILES string of the molecule is CCCNC(c1ccoc1C)c1c(OC)cnn1CC. The van der Waals surface area contributed by atoms with Crippen LogP contribution in [-0.2, 0) is 6.54 Å². The fourth-order valence-corrected chi connectivity index (χ4v) is 2.42. The summed E-state index contributed by atoms with van der Waals surface area (Å²) in [5.41, 5.74) is 2.18. The van der Waals surface area contributed by atoms with Gasteiger partial charge in [0.25, 0.3) is 0 Å². The smallest absolute Gasteiger partial charge is 0.161 e. The van der Waals surface area contributed by atoms with E-state index in [0.717, 1.165) is 42.3 Å². The molecule has 0 aromatic carbocycles. The Morgan fingerprint density at radius 3 is 2.80 bits per heavy atom. The van der Waals surface area contributed by atoms with Crippen LogP contribution in [0.3, 0.4) is 0 Å². The molecule has 0 spiro atoms. The molecule has 2 aromatic rings. The van der Waals surface area contributed by atoms with Gasteiger partial charge in [-0.05, 0) is 32.9 Å². The van der Waals surface area contributed by atoms with Gasteiger partial charge in [0, 0.05) is 12.1 Å². The second kappa shape index (κ2) is 6.61. The van der Waals surface area contributed by atoms with Gasteiger partial charge in [0.05, 0.1) is 25.6 Å². The Morgan fingerprint density at radius 1 is 1.45 bits per heavy atom. The summed E-state index contributed by atoms with van der Waals surface area (Å²) in [6.07, 6.45) is 4.56. The maximum absolute atomic E-state index is 5.47. The summed E-state index contributed by atoms with van der Waals surface area (Å²) in [4.78, 5) is 0. The van der Waals surface area contributed by atoms with Crippen molar-refractivity contribution in [2.45, 2.75) is 39.8 Å². The lowest BCUT2D eigenvalue weighted by molar-refractivity contribution is 0.398. The normalized spacial score (nSPS) is 12.6. The van der Waals surface area contributed by atoms with Crippen LogP contribution in [0.25, 0.3) is 0 Å². The Balaban J connectivity index is 2.46. The molecule has 1 atom stereocenters. The molecule has 1 unspecified atom stereocenters. The van der Waals surface area contributed by atoms with Crippen molar-refractivity contribution in [2.24, 2.45) is 0 Å². The van der Waals surface area contributed by atoms with Gasteiger partial charge < -0.3 is 14.5 Å². The van der Waals surface area contributed by atoms with Gasteiger partial charge in [-0.1, -0.05) is 6.92 Å². The third-order valence-corrected chi connectivity index (χ3v) is 3.45. The minimum atomic E-state index is 0.0334. The van der Waals surface area contributed by atoms with Gasteiger partial charge in [0.1, 0.15) is 11.5 Å². The van der Waals surface area contributed by atoms with Crippen molar-refractivity contribution in [2.75, 3.05) is 13.7 Å². The summed E-state index contributed by atoms with van der Waals surface area (Å²) in [5.74, 6) is 1.73. The van der Waals surface area contributed by atoms with Crippen molar-refractivity contribution in [1.82, 2.24) is 15.1 Å². The first-order chi connectivity index (χ1) is 9.72. The number of rotatable bonds is 7. The van der Waals surface area contributed by atoms with Crippen LogP contribution in [0, 0.1) is 6.92 Å². The lowest BCUT2D eigenvalue weighted by Gasteiger charge is -2.20. The molecule has 110 valence electrons. The van der Waals surface area contributed by atoms with E-state index in [9.17, 15) is 0 Å². The second-order valence-corrected chi connectivity index (χ2v) is 4.73. The number of furan rings is 1. The third-order valence-electron chi connectivity index (χ3n) is 3.45. The molecule has 0 fully saturated rings. The van der Waals surface area contributed by atoms with Crippen molar-refractivity contribution in [3.05, 3.63) is 35.5 Å². The molecule has 0 amide bonds. The van der Waals surface area contributed by atoms with E-state index in [2.05, 4.69) is 24.3 Å². The number of hydrogen-bond acceptors (Lipinski definition) is 4. The predicted octanol–water partition coefficient (Wildman–Crippen LogP) is 2.90. The largest absolute Gasteiger partial charge is 0.493 e. The zero-order valence-electron chi connectivity index (χ0n) is 12.6. The highest BCUT2D eigenvalue weighted by molar-refractivity contribution is 5.37. The van der Waals surface area contributed by atoms with Crippen LogP contribution < -0.4 is 10.1 Å². The van der Waals surface area contributed by atoms with Gasteiger partial charge in [-0.3, -0.25) is 4.68 Å². The van der Waals surface area contributed by atoms with Crippen molar-refractivity contribution < 1.29 is 9.15 Å².